The van der Waals surface area contributed by atoms with Gasteiger partial charge in [0.05, 0.1) is 0 Å². The van der Waals surface area contributed by atoms with Crippen molar-refractivity contribution in [3.05, 3.63) is 29.8 Å². The molecule has 0 unspecified atom stereocenters. The van der Waals surface area contributed by atoms with E-state index in [4.69, 9.17) is 0 Å². The van der Waals surface area contributed by atoms with Gasteiger partial charge in [-0.05, 0) is 30.5 Å². The number of aryl methyl sites for hydroxylation is 1. The highest BCUT2D eigenvalue weighted by Crippen LogP contribution is 2.17. The van der Waals surface area contributed by atoms with Crippen molar-refractivity contribution in [1.82, 2.24) is 0 Å². The Morgan fingerprint density at radius 3 is 1.00 bits per heavy atom. The van der Waals surface area contributed by atoms with Gasteiger partial charge in [0.1, 0.15) is 5.75 Å². The Labute approximate surface area is 233 Å². The van der Waals surface area contributed by atoms with E-state index in [2.05, 4.69) is 13.0 Å². The molecule has 1 nitrogen and oxygen atoms in total. The molecular formula is C36H66O. The summed E-state index contributed by atoms with van der Waals surface area (Å²) in [5, 5.41) is 9.52. The molecule has 0 aliphatic carbocycles. The van der Waals surface area contributed by atoms with Crippen LogP contribution in [0.15, 0.2) is 24.3 Å². The van der Waals surface area contributed by atoms with Gasteiger partial charge in [0, 0.05) is 0 Å². The molecule has 1 N–H and O–H groups in total. The Bertz CT molecular complexity index is 566. The van der Waals surface area contributed by atoms with E-state index >= 15 is 0 Å². The number of unbranched alkanes of at least 4 members (excludes halogenated alkanes) is 27. The average molecular weight is 515 g/mol. The van der Waals surface area contributed by atoms with Crippen molar-refractivity contribution >= 4 is 0 Å². The third-order valence-electron chi connectivity index (χ3n) is 8.23. The highest BCUT2D eigenvalue weighted by Gasteiger charge is 1.98. The van der Waals surface area contributed by atoms with Gasteiger partial charge in [0.15, 0.2) is 0 Å². The van der Waals surface area contributed by atoms with Gasteiger partial charge < -0.3 is 5.11 Å². The van der Waals surface area contributed by atoms with E-state index in [-0.39, 0.29) is 0 Å². The molecule has 216 valence electrons. The van der Waals surface area contributed by atoms with Gasteiger partial charge in [0.25, 0.3) is 0 Å². The molecule has 0 radical (unpaired) electrons. The molecule has 1 heteroatoms. The Kier molecular flexibility index (Phi) is 25.8. The number of benzene rings is 1. The summed E-state index contributed by atoms with van der Waals surface area (Å²) in [7, 11) is 0. The van der Waals surface area contributed by atoms with E-state index in [9.17, 15) is 5.11 Å². The normalized spacial score (nSPS) is 11.4. The summed E-state index contributed by atoms with van der Waals surface area (Å²) in [6.45, 7) is 2.30. The van der Waals surface area contributed by atoms with Crippen LogP contribution in [-0.2, 0) is 6.42 Å². The number of hydrogen-bond acceptors (Lipinski definition) is 1. The zero-order chi connectivity index (χ0) is 26.5. The van der Waals surface area contributed by atoms with Crippen LogP contribution in [0.3, 0.4) is 0 Å². The van der Waals surface area contributed by atoms with E-state index in [0.717, 1.165) is 6.42 Å². The van der Waals surface area contributed by atoms with E-state index in [1.54, 1.807) is 6.07 Å². The summed E-state index contributed by atoms with van der Waals surface area (Å²) in [4.78, 5) is 0. The van der Waals surface area contributed by atoms with Gasteiger partial charge in [-0.2, -0.15) is 0 Å². The molecule has 1 aromatic rings. The van der Waals surface area contributed by atoms with E-state index in [0.29, 0.717) is 5.75 Å². The maximum absolute atomic E-state index is 9.52. The quantitative estimate of drug-likeness (QED) is 0.105. The van der Waals surface area contributed by atoms with Crippen molar-refractivity contribution in [2.75, 3.05) is 0 Å². The Hall–Kier alpha value is -0.980. The number of phenolic OH excluding ortho intramolecular Hbond substituents is 1. The molecule has 0 spiro atoms. The summed E-state index contributed by atoms with van der Waals surface area (Å²) in [6, 6.07) is 7.74. The van der Waals surface area contributed by atoms with Crippen molar-refractivity contribution in [2.24, 2.45) is 0 Å². The molecule has 0 saturated carbocycles. The van der Waals surface area contributed by atoms with Gasteiger partial charge in [-0.25, -0.2) is 0 Å². The fraction of sp³-hybridized carbons (Fsp3) is 0.833. The molecule has 0 aliphatic heterocycles. The number of aromatic hydroxyl groups is 1. The van der Waals surface area contributed by atoms with Crippen LogP contribution < -0.4 is 0 Å². The van der Waals surface area contributed by atoms with Crippen LogP contribution in [0.25, 0.3) is 0 Å². The fourth-order valence-corrected chi connectivity index (χ4v) is 5.71. The molecule has 0 saturated heterocycles. The molecule has 1 rings (SSSR count). The van der Waals surface area contributed by atoms with Crippen molar-refractivity contribution in [1.29, 1.82) is 0 Å². The predicted octanol–water partition coefficient (Wildman–Crippen LogP) is 12.9. The summed E-state index contributed by atoms with van der Waals surface area (Å²) in [5.74, 6) is 0.401. The van der Waals surface area contributed by atoms with Crippen LogP contribution in [0.1, 0.15) is 192 Å². The molecular weight excluding hydrogens is 448 g/mol. The molecule has 0 aromatic heterocycles. The second-order valence-corrected chi connectivity index (χ2v) is 12.0. The molecule has 0 amide bonds. The van der Waals surface area contributed by atoms with Crippen molar-refractivity contribution in [3.8, 4) is 5.75 Å². The first-order valence-corrected chi connectivity index (χ1v) is 17.1. The third-order valence-corrected chi connectivity index (χ3v) is 8.23. The highest BCUT2D eigenvalue weighted by molar-refractivity contribution is 5.27. The minimum atomic E-state index is 0.401. The molecule has 1 aromatic carbocycles. The van der Waals surface area contributed by atoms with Crippen LogP contribution in [-0.4, -0.2) is 5.11 Å². The summed E-state index contributed by atoms with van der Waals surface area (Å²) >= 11 is 0. The number of phenols is 1. The third kappa shape index (κ3) is 25.1. The highest BCUT2D eigenvalue weighted by atomic mass is 16.3. The lowest BCUT2D eigenvalue weighted by Crippen LogP contribution is -1.86. The van der Waals surface area contributed by atoms with Gasteiger partial charge in [-0.15, -0.1) is 0 Å². The Morgan fingerprint density at radius 1 is 0.405 bits per heavy atom. The lowest BCUT2D eigenvalue weighted by Gasteiger charge is -2.05. The second-order valence-electron chi connectivity index (χ2n) is 12.0. The number of hydrogen-bond donors (Lipinski definition) is 1. The standard InChI is InChI=1S/C36H66O/c1-2-3-4-5-6-7-8-9-10-11-12-13-14-15-16-17-18-19-20-21-22-23-24-25-26-27-28-29-31-35-32-30-33-36(37)34-35/h30,32-34,37H,2-29,31H2,1H3. The average Bonchev–Trinajstić information content (AvgIpc) is 2.90. The van der Waals surface area contributed by atoms with Crippen LogP contribution in [0.2, 0.25) is 0 Å². The lowest BCUT2D eigenvalue weighted by molar-refractivity contribution is 0.474. The van der Waals surface area contributed by atoms with Crippen LogP contribution in [0.5, 0.6) is 5.75 Å². The van der Waals surface area contributed by atoms with E-state index in [1.807, 2.05) is 12.1 Å². The molecule has 37 heavy (non-hydrogen) atoms. The Morgan fingerprint density at radius 2 is 0.703 bits per heavy atom. The minimum Gasteiger partial charge on any atom is -0.508 e. The molecule has 0 aliphatic rings. The summed E-state index contributed by atoms with van der Waals surface area (Å²) < 4.78 is 0. The first-order chi connectivity index (χ1) is 18.3. The fourth-order valence-electron chi connectivity index (χ4n) is 5.71. The summed E-state index contributed by atoms with van der Waals surface area (Å²) in [5.41, 5.74) is 1.27. The van der Waals surface area contributed by atoms with Gasteiger partial charge >= 0.3 is 0 Å². The second kappa shape index (κ2) is 28.0. The lowest BCUT2D eigenvalue weighted by atomic mass is 10.0. The van der Waals surface area contributed by atoms with Gasteiger partial charge in [0.2, 0.25) is 0 Å². The van der Waals surface area contributed by atoms with E-state index in [1.165, 1.54) is 185 Å². The zero-order valence-electron chi connectivity index (χ0n) is 25.3. The van der Waals surface area contributed by atoms with Crippen LogP contribution in [0.4, 0.5) is 0 Å². The van der Waals surface area contributed by atoms with Crippen molar-refractivity contribution in [2.45, 2.75) is 193 Å². The first-order valence-electron chi connectivity index (χ1n) is 17.1. The maximum atomic E-state index is 9.52. The van der Waals surface area contributed by atoms with E-state index < -0.39 is 0 Å². The van der Waals surface area contributed by atoms with Gasteiger partial charge in [-0.1, -0.05) is 192 Å². The monoisotopic (exact) mass is 515 g/mol. The van der Waals surface area contributed by atoms with Crippen LogP contribution in [0, 0.1) is 0 Å². The molecule has 0 heterocycles. The molecule has 0 bridgehead atoms. The predicted molar refractivity (Wildman–Crippen MR) is 167 cm³/mol. The summed E-state index contributed by atoms with van der Waals surface area (Å²) in [6.07, 6.45) is 41.6. The van der Waals surface area contributed by atoms with Crippen molar-refractivity contribution in [3.63, 3.8) is 0 Å². The van der Waals surface area contributed by atoms with Crippen molar-refractivity contribution < 1.29 is 5.11 Å². The van der Waals surface area contributed by atoms with Gasteiger partial charge in [-0.3, -0.25) is 0 Å². The number of rotatable bonds is 29. The topological polar surface area (TPSA) is 20.2 Å². The molecule has 0 atom stereocenters. The Balaban J connectivity index is 1.65. The molecule has 0 fully saturated rings. The first kappa shape index (κ1) is 34.0. The maximum Gasteiger partial charge on any atom is 0.115 e. The largest absolute Gasteiger partial charge is 0.508 e. The van der Waals surface area contributed by atoms with Crippen LogP contribution >= 0.6 is 0 Å². The SMILES string of the molecule is CCCCCCCCCCCCCCCCCCCCCCCCCCCCCCc1cccc(O)c1. The smallest absolute Gasteiger partial charge is 0.115 e. The minimum absolute atomic E-state index is 0.401. The zero-order valence-corrected chi connectivity index (χ0v) is 25.3.